The average Bonchev–Trinajstić information content (AvgIpc) is 2.56. The highest BCUT2D eigenvalue weighted by Crippen LogP contribution is 2.21. The van der Waals surface area contributed by atoms with Crippen LogP contribution in [0.25, 0.3) is 0 Å². The molecule has 2 radical (unpaired) electrons. The first-order valence-electron chi connectivity index (χ1n) is 6.45. The van der Waals surface area contributed by atoms with Crippen molar-refractivity contribution in [2.24, 2.45) is 5.92 Å². The molecule has 0 saturated carbocycles. The Kier molecular flexibility index (Phi) is 5.62. The van der Waals surface area contributed by atoms with Gasteiger partial charge in [0.25, 0.3) is 0 Å². The Labute approximate surface area is 95.6 Å². The molecular formula is C13H26N2. The first kappa shape index (κ1) is 13.0. The van der Waals surface area contributed by atoms with E-state index in [9.17, 15) is 0 Å². The van der Waals surface area contributed by atoms with E-state index in [1.807, 2.05) is 0 Å². The van der Waals surface area contributed by atoms with Gasteiger partial charge in [0.1, 0.15) is 6.67 Å². The Morgan fingerprint density at radius 1 is 1.33 bits per heavy atom. The van der Waals surface area contributed by atoms with E-state index in [4.69, 9.17) is 0 Å². The molecule has 1 atom stereocenters. The standard InChI is InChI=1S/C13H26N2/c1-5-7-8-14-10-13(6-2)15(11-14)9-12(3)4/h12-13H,5-10H2,1-4H3/t13-/m1/s1. The van der Waals surface area contributed by atoms with Gasteiger partial charge in [-0.2, -0.15) is 0 Å². The summed E-state index contributed by atoms with van der Waals surface area (Å²) in [5, 5.41) is 0. The summed E-state index contributed by atoms with van der Waals surface area (Å²) in [6.45, 7) is 16.1. The number of rotatable bonds is 6. The van der Waals surface area contributed by atoms with E-state index >= 15 is 0 Å². The van der Waals surface area contributed by atoms with Crippen LogP contribution in [-0.4, -0.2) is 35.5 Å². The lowest BCUT2D eigenvalue weighted by Crippen LogP contribution is -2.31. The van der Waals surface area contributed by atoms with E-state index in [0.29, 0.717) is 6.04 Å². The van der Waals surface area contributed by atoms with Crippen molar-refractivity contribution in [2.45, 2.75) is 53.0 Å². The van der Waals surface area contributed by atoms with E-state index in [-0.39, 0.29) is 0 Å². The van der Waals surface area contributed by atoms with Gasteiger partial charge < -0.3 is 0 Å². The summed E-state index contributed by atoms with van der Waals surface area (Å²) in [6.07, 6.45) is 3.81. The van der Waals surface area contributed by atoms with E-state index in [0.717, 1.165) is 12.5 Å². The zero-order valence-electron chi connectivity index (χ0n) is 10.8. The maximum atomic E-state index is 3.52. The van der Waals surface area contributed by atoms with Gasteiger partial charge in [-0.1, -0.05) is 34.1 Å². The van der Waals surface area contributed by atoms with Gasteiger partial charge in [0.05, 0.1) is 0 Å². The zero-order valence-corrected chi connectivity index (χ0v) is 10.8. The summed E-state index contributed by atoms with van der Waals surface area (Å²) in [5.41, 5.74) is 0. The van der Waals surface area contributed by atoms with E-state index < -0.39 is 0 Å². The Bertz CT molecular complexity index is 168. The molecule has 1 saturated heterocycles. The van der Waals surface area contributed by atoms with Crippen molar-refractivity contribution < 1.29 is 0 Å². The van der Waals surface area contributed by atoms with Gasteiger partial charge in [0, 0.05) is 25.7 Å². The Morgan fingerprint density at radius 2 is 2.07 bits per heavy atom. The lowest BCUT2D eigenvalue weighted by molar-refractivity contribution is 0.251. The van der Waals surface area contributed by atoms with Gasteiger partial charge >= 0.3 is 0 Å². The largest absolute Gasteiger partial charge is 0.278 e. The van der Waals surface area contributed by atoms with Crippen LogP contribution in [0, 0.1) is 12.6 Å². The minimum absolute atomic E-state index is 0.698. The summed E-state index contributed by atoms with van der Waals surface area (Å²) in [5.74, 6) is 0.734. The number of hydrogen-bond acceptors (Lipinski definition) is 2. The van der Waals surface area contributed by atoms with Crippen LogP contribution in [0.3, 0.4) is 0 Å². The Balaban J connectivity index is 2.36. The molecule has 1 fully saturated rings. The molecule has 1 aliphatic heterocycles. The molecule has 1 rings (SSSR count). The molecule has 0 unspecified atom stereocenters. The fourth-order valence-electron chi connectivity index (χ4n) is 2.08. The minimum Gasteiger partial charge on any atom is -0.278 e. The lowest BCUT2D eigenvalue weighted by atomic mass is 10.1. The van der Waals surface area contributed by atoms with E-state index in [1.54, 1.807) is 0 Å². The number of nitrogens with zero attached hydrogens (tertiary/aromatic N) is 2. The van der Waals surface area contributed by atoms with Crippen molar-refractivity contribution in [1.82, 2.24) is 9.80 Å². The lowest BCUT2D eigenvalue weighted by Gasteiger charge is -2.22. The number of hydrogen-bond donors (Lipinski definition) is 0. The molecule has 0 aliphatic carbocycles. The first-order valence-corrected chi connectivity index (χ1v) is 6.45. The molecular weight excluding hydrogens is 184 g/mol. The fraction of sp³-hybridized carbons (Fsp3) is 0.923. The minimum atomic E-state index is 0.698. The molecule has 0 N–H and O–H groups in total. The third kappa shape index (κ3) is 4.12. The van der Waals surface area contributed by atoms with Crippen LogP contribution >= 0.6 is 0 Å². The predicted octanol–water partition coefficient (Wildman–Crippen LogP) is 2.83. The summed E-state index contributed by atoms with van der Waals surface area (Å²) >= 11 is 0. The van der Waals surface area contributed by atoms with Gasteiger partial charge in [-0.05, 0) is 18.8 Å². The first-order chi connectivity index (χ1) is 7.17. The van der Waals surface area contributed by atoms with Gasteiger partial charge in [0.15, 0.2) is 0 Å². The van der Waals surface area contributed by atoms with Crippen molar-refractivity contribution in [2.75, 3.05) is 19.6 Å². The maximum absolute atomic E-state index is 3.52. The molecule has 0 aromatic heterocycles. The Morgan fingerprint density at radius 3 is 2.60 bits per heavy atom. The van der Waals surface area contributed by atoms with Crippen LogP contribution < -0.4 is 0 Å². The summed E-state index contributed by atoms with van der Waals surface area (Å²) in [6, 6.07) is 0.698. The second kappa shape index (κ2) is 6.49. The molecule has 2 nitrogen and oxygen atoms in total. The quantitative estimate of drug-likeness (QED) is 0.665. The molecule has 0 aromatic rings. The summed E-state index contributed by atoms with van der Waals surface area (Å²) < 4.78 is 0. The summed E-state index contributed by atoms with van der Waals surface area (Å²) in [7, 11) is 0. The van der Waals surface area contributed by atoms with Crippen LogP contribution in [-0.2, 0) is 0 Å². The smallest absolute Gasteiger partial charge is 0.146 e. The van der Waals surface area contributed by atoms with Crippen LogP contribution in [0.5, 0.6) is 0 Å². The second-order valence-corrected chi connectivity index (χ2v) is 5.01. The molecule has 1 heterocycles. The van der Waals surface area contributed by atoms with Gasteiger partial charge in [-0.3, -0.25) is 9.80 Å². The van der Waals surface area contributed by atoms with Crippen LogP contribution in [0.2, 0.25) is 0 Å². The predicted molar refractivity (Wildman–Crippen MR) is 65.3 cm³/mol. The fourth-order valence-corrected chi connectivity index (χ4v) is 2.08. The van der Waals surface area contributed by atoms with Crippen LogP contribution in [0.4, 0.5) is 0 Å². The molecule has 15 heavy (non-hydrogen) atoms. The van der Waals surface area contributed by atoms with Gasteiger partial charge in [-0.25, -0.2) is 0 Å². The average molecular weight is 210 g/mol. The summed E-state index contributed by atoms with van der Waals surface area (Å²) in [4.78, 5) is 4.79. The van der Waals surface area contributed by atoms with Crippen molar-refractivity contribution in [3.05, 3.63) is 6.67 Å². The highest BCUT2D eigenvalue weighted by Gasteiger charge is 2.29. The second-order valence-electron chi connectivity index (χ2n) is 5.01. The Hall–Kier alpha value is -0.0800. The van der Waals surface area contributed by atoms with E-state index in [1.165, 1.54) is 32.4 Å². The zero-order chi connectivity index (χ0) is 11.3. The molecule has 0 spiro atoms. The van der Waals surface area contributed by atoms with E-state index in [2.05, 4.69) is 44.2 Å². The maximum Gasteiger partial charge on any atom is 0.146 e. The molecule has 1 aliphatic rings. The molecule has 0 aromatic carbocycles. The SMILES string of the molecule is CCCCN1[C]N(CC(C)C)[C@H](CC)C1. The molecule has 0 bridgehead atoms. The van der Waals surface area contributed by atoms with Crippen molar-refractivity contribution >= 4 is 0 Å². The van der Waals surface area contributed by atoms with Gasteiger partial charge in [0.2, 0.25) is 0 Å². The molecule has 0 amide bonds. The molecule has 88 valence electrons. The highest BCUT2D eigenvalue weighted by atomic mass is 15.4. The normalized spacial score (nSPS) is 24.2. The third-order valence-corrected chi connectivity index (χ3v) is 2.96. The van der Waals surface area contributed by atoms with Crippen molar-refractivity contribution in [3.63, 3.8) is 0 Å². The van der Waals surface area contributed by atoms with Gasteiger partial charge in [-0.15, -0.1) is 0 Å². The number of unbranched alkanes of at least 4 members (excludes halogenated alkanes) is 1. The topological polar surface area (TPSA) is 6.48 Å². The van der Waals surface area contributed by atoms with Crippen molar-refractivity contribution in [3.8, 4) is 0 Å². The monoisotopic (exact) mass is 210 g/mol. The van der Waals surface area contributed by atoms with Crippen LogP contribution in [0.1, 0.15) is 47.0 Å². The highest BCUT2D eigenvalue weighted by molar-refractivity contribution is 4.89. The third-order valence-electron chi connectivity index (χ3n) is 2.96. The van der Waals surface area contributed by atoms with Crippen LogP contribution in [0.15, 0.2) is 0 Å². The molecule has 2 heteroatoms. The van der Waals surface area contributed by atoms with Crippen molar-refractivity contribution in [1.29, 1.82) is 0 Å².